The maximum atomic E-state index is 5.88. The fourth-order valence-corrected chi connectivity index (χ4v) is 2.64. The van der Waals surface area contributed by atoms with E-state index in [0.717, 1.165) is 12.5 Å². The molecule has 2 fully saturated rings. The van der Waals surface area contributed by atoms with Crippen LogP contribution in [-0.4, -0.2) is 43.3 Å². The first-order valence-corrected chi connectivity index (χ1v) is 5.85. The molecule has 4 atom stereocenters. The van der Waals surface area contributed by atoms with Crippen LogP contribution in [0, 0.1) is 5.92 Å². The summed E-state index contributed by atoms with van der Waals surface area (Å²) in [4.78, 5) is 2.57. The van der Waals surface area contributed by atoms with E-state index in [9.17, 15) is 0 Å². The van der Waals surface area contributed by atoms with Crippen molar-refractivity contribution in [3.8, 4) is 0 Å². The van der Waals surface area contributed by atoms with E-state index < -0.39 is 0 Å². The molecule has 2 saturated heterocycles. The zero-order chi connectivity index (χ0) is 9.97. The third-order valence-electron chi connectivity index (χ3n) is 3.37. The Bertz CT molecular complexity index is 184. The van der Waals surface area contributed by atoms with Crippen LogP contribution in [0.15, 0.2) is 0 Å². The molecule has 3 heteroatoms. The first kappa shape index (κ1) is 10.4. The van der Waals surface area contributed by atoms with E-state index in [1.807, 2.05) is 6.92 Å². The van der Waals surface area contributed by atoms with Crippen LogP contribution in [-0.2, 0) is 4.74 Å². The molecule has 0 spiro atoms. The number of hydrogen-bond donors (Lipinski definition) is 1. The zero-order valence-corrected chi connectivity index (χ0v) is 9.11. The molecule has 82 valence electrons. The summed E-state index contributed by atoms with van der Waals surface area (Å²) < 4.78 is 5.88. The van der Waals surface area contributed by atoms with Gasteiger partial charge >= 0.3 is 0 Å². The summed E-state index contributed by atoms with van der Waals surface area (Å²) in [7, 11) is 0. The maximum absolute atomic E-state index is 5.88. The Morgan fingerprint density at radius 1 is 1.43 bits per heavy atom. The van der Waals surface area contributed by atoms with E-state index in [0.29, 0.717) is 6.10 Å². The predicted molar refractivity (Wildman–Crippen MR) is 57.2 cm³/mol. The predicted octanol–water partition coefficient (Wildman–Crippen LogP) is 0.834. The minimum Gasteiger partial charge on any atom is -0.376 e. The van der Waals surface area contributed by atoms with E-state index in [4.69, 9.17) is 10.5 Å². The smallest absolute Gasteiger partial charge is 0.0628 e. The molecule has 4 unspecified atom stereocenters. The lowest BCUT2D eigenvalue weighted by Crippen LogP contribution is -2.48. The van der Waals surface area contributed by atoms with Crippen LogP contribution >= 0.6 is 0 Å². The first-order chi connectivity index (χ1) is 6.75. The molecule has 0 radical (unpaired) electrons. The molecule has 14 heavy (non-hydrogen) atoms. The summed E-state index contributed by atoms with van der Waals surface area (Å²) in [6.07, 6.45) is 4.39. The minimum atomic E-state index is 0.177. The lowest BCUT2D eigenvalue weighted by atomic mass is 9.87. The summed E-state index contributed by atoms with van der Waals surface area (Å²) >= 11 is 0. The van der Waals surface area contributed by atoms with E-state index in [2.05, 4.69) is 4.90 Å². The second-order valence-electron chi connectivity index (χ2n) is 4.84. The van der Waals surface area contributed by atoms with Crippen molar-refractivity contribution in [1.29, 1.82) is 0 Å². The monoisotopic (exact) mass is 198 g/mol. The lowest BCUT2D eigenvalue weighted by molar-refractivity contribution is -0.0533. The summed E-state index contributed by atoms with van der Waals surface area (Å²) in [6.45, 7) is 6.51. The number of nitrogens with zero attached hydrogens (tertiary/aromatic N) is 1. The normalized spacial score (nSPS) is 39.4. The molecule has 2 heterocycles. The molecule has 0 aromatic carbocycles. The Morgan fingerprint density at radius 3 is 3.07 bits per heavy atom. The van der Waals surface area contributed by atoms with Crippen LogP contribution in [0.2, 0.25) is 0 Å². The molecule has 0 amide bonds. The largest absolute Gasteiger partial charge is 0.376 e. The molecule has 0 aromatic rings. The number of rotatable bonds is 3. The molecular weight excluding hydrogens is 176 g/mol. The van der Waals surface area contributed by atoms with Gasteiger partial charge in [0.05, 0.1) is 12.7 Å². The molecule has 0 aromatic heterocycles. The average molecular weight is 198 g/mol. The number of nitrogens with two attached hydrogens (primary N) is 1. The van der Waals surface area contributed by atoms with Gasteiger partial charge < -0.3 is 15.4 Å². The summed E-state index contributed by atoms with van der Waals surface area (Å²) in [6, 6.07) is 0.177. The molecule has 2 bridgehead atoms. The Hall–Kier alpha value is -0.120. The Labute approximate surface area is 86.6 Å². The van der Waals surface area contributed by atoms with Gasteiger partial charge in [-0.3, -0.25) is 0 Å². The summed E-state index contributed by atoms with van der Waals surface area (Å²) in [5.41, 5.74) is 5.70. The van der Waals surface area contributed by atoms with Crippen LogP contribution in [0.5, 0.6) is 0 Å². The molecule has 2 N–H and O–H groups in total. The van der Waals surface area contributed by atoms with Gasteiger partial charge in [-0.25, -0.2) is 0 Å². The molecule has 2 rings (SSSR count). The highest BCUT2D eigenvalue weighted by Gasteiger charge is 2.32. The van der Waals surface area contributed by atoms with Crippen LogP contribution in [0.1, 0.15) is 26.2 Å². The van der Waals surface area contributed by atoms with Crippen LogP contribution < -0.4 is 5.73 Å². The third kappa shape index (κ3) is 2.47. The molecule has 0 saturated carbocycles. The van der Waals surface area contributed by atoms with Crippen molar-refractivity contribution >= 4 is 0 Å². The third-order valence-corrected chi connectivity index (χ3v) is 3.37. The van der Waals surface area contributed by atoms with E-state index >= 15 is 0 Å². The molecular formula is C11H22N2O. The van der Waals surface area contributed by atoms with Gasteiger partial charge in [-0.1, -0.05) is 0 Å². The van der Waals surface area contributed by atoms with Crippen molar-refractivity contribution in [2.75, 3.05) is 26.2 Å². The number of fused-ring (bicyclic) bond motifs is 2. The maximum Gasteiger partial charge on any atom is 0.0628 e. The van der Waals surface area contributed by atoms with Crippen LogP contribution in [0.3, 0.4) is 0 Å². The van der Waals surface area contributed by atoms with Crippen molar-refractivity contribution in [3.05, 3.63) is 0 Å². The lowest BCUT2D eigenvalue weighted by Gasteiger charge is -2.42. The quantitative estimate of drug-likeness (QED) is 0.730. The zero-order valence-electron chi connectivity index (χ0n) is 9.11. The molecule has 2 aliphatic rings. The van der Waals surface area contributed by atoms with Gasteiger partial charge in [-0.15, -0.1) is 0 Å². The van der Waals surface area contributed by atoms with Gasteiger partial charge in [0.2, 0.25) is 0 Å². The van der Waals surface area contributed by atoms with Crippen molar-refractivity contribution in [3.63, 3.8) is 0 Å². The Balaban J connectivity index is 1.80. The molecule has 3 nitrogen and oxygen atoms in total. The van der Waals surface area contributed by atoms with Crippen LogP contribution in [0.25, 0.3) is 0 Å². The van der Waals surface area contributed by atoms with Gasteiger partial charge in [0, 0.05) is 19.1 Å². The van der Waals surface area contributed by atoms with Crippen molar-refractivity contribution < 1.29 is 4.74 Å². The Morgan fingerprint density at radius 2 is 2.29 bits per heavy atom. The fraction of sp³-hybridized carbons (Fsp3) is 1.00. The fourth-order valence-electron chi connectivity index (χ4n) is 2.64. The highest BCUT2D eigenvalue weighted by atomic mass is 16.5. The SMILES string of the molecule is CC(N)COC1CCN2CCCC1C2. The summed E-state index contributed by atoms with van der Waals surface area (Å²) in [5.74, 6) is 0.774. The van der Waals surface area contributed by atoms with Gasteiger partial charge in [0.1, 0.15) is 0 Å². The molecule has 2 aliphatic heterocycles. The van der Waals surface area contributed by atoms with Crippen molar-refractivity contribution in [1.82, 2.24) is 4.90 Å². The highest BCUT2D eigenvalue weighted by molar-refractivity contribution is 4.85. The highest BCUT2D eigenvalue weighted by Crippen LogP contribution is 2.28. The number of piperidine rings is 2. The van der Waals surface area contributed by atoms with Crippen LogP contribution in [0.4, 0.5) is 0 Å². The van der Waals surface area contributed by atoms with Crippen molar-refractivity contribution in [2.45, 2.75) is 38.3 Å². The minimum absolute atomic E-state index is 0.177. The van der Waals surface area contributed by atoms with E-state index in [1.54, 1.807) is 0 Å². The van der Waals surface area contributed by atoms with E-state index in [-0.39, 0.29) is 6.04 Å². The number of ether oxygens (including phenoxy) is 1. The second kappa shape index (κ2) is 4.60. The second-order valence-corrected chi connectivity index (χ2v) is 4.84. The Kier molecular flexibility index (Phi) is 3.42. The van der Waals surface area contributed by atoms with Gasteiger partial charge in [-0.2, -0.15) is 0 Å². The topological polar surface area (TPSA) is 38.5 Å². The van der Waals surface area contributed by atoms with Gasteiger partial charge in [0.15, 0.2) is 0 Å². The van der Waals surface area contributed by atoms with E-state index in [1.165, 1.54) is 38.9 Å². The molecule has 0 aliphatic carbocycles. The van der Waals surface area contributed by atoms with Gasteiger partial charge in [-0.05, 0) is 38.6 Å². The standard InChI is InChI=1S/C11H22N2O/c1-9(12)8-14-11-4-6-13-5-2-3-10(11)7-13/h9-11H,2-8,12H2,1H3. The number of hydrogen-bond acceptors (Lipinski definition) is 3. The van der Waals surface area contributed by atoms with Gasteiger partial charge in [0.25, 0.3) is 0 Å². The van der Waals surface area contributed by atoms with Crippen molar-refractivity contribution in [2.24, 2.45) is 11.7 Å². The average Bonchev–Trinajstić information content (AvgIpc) is 2.17. The first-order valence-electron chi connectivity index (χ1n) is 5.85. The summed E-state index contributed by atoms with van der Waals surface area (Å²) in [5, 5.41) is 0.